The molecule has 6 aromatic carbocycles. The van der Waals surface area contributed by atoms with E-state index in [4.69, 9.17) is 4.98 Å². The molecule has 0 saturated heterocycles. The second kappa shape index (κ2) is 8.99. The van der Waals surface area contributed by atoms with Crippen molar-refractivity contribution in [2.45, 2.75) is 26.2 Å². The molecule has 0 amide bonds. The highest BCUT2D eigenvalue weighted by Crippen LogP contribution is 2.43. The maximum atomic E-state index is 5.52. The third kappa shape index (κ3) is 3.78. The minimum Gasteiger partial charge on any atom is -0.247 e. The van der Waals surface area contributed by atoms with Gasteiger partial charge in [-0.25, -0.2) is 4.98 Å². The zero-order chi connectivity index (χ0) is 27.7. The fraction of sp³-hybridized carbons (Fsp3) is 0.103. The number of rotatable bonds is 2. The van der Waals surface area contributed by atoms with Gasteiger partial charge in [-0.1, -0.05) is 124 Å². The number of aromatic nitrogens is 1. The molecule has 0 unspecified atom stereocenters. The number of benzene rings is 6. The number of hydrogen-bond donors (Lipinski definition) is 0. The Morgan fingerprint density at radius 1 is 0.512 bits per heavy atom. The predicted octanol–water partition coefficient (Wildman–Crippen LogP) is 11.5. The lowest BCUT2D eigenvalue weighted by Gasteiger charge is -2.24. The van der Waals surface area contributed by atoms with Crippen LogP contribution in [-0.4, -0.2) is 4.98 Å². The maximum Gasteiger partial charge on any atom is 0.0794 e. The van der Waals surface area contributed by atoms with Crippen LogP contribution in [0.4, 0.5) is 0 Å². The van der Waals surface area contributed by atoms with Gasteiger partial charge in [0.2, 0.25) is 0 Å². The minimum absolute atomic E-state index is 0.0786. The molecule has 0 bridgehead atoms. The van der Waals surface area contributed by atoms with E-state index in [0.29, 0.717) is 0 Å². The zero-order valence-electron chi connectivity index (χ0n) is 23.4. The van der Waals surface area contributed by atoms with Gasteiger partial charge in [-0.2, -0.15) is 0 Å². The Kier molecular flexibility index (Phi) is 5.32. The van der Waals surface area contributed by atoms with E-state index in [-0.39, 0.29) is 5.41 Å². The molecule has 0 N–H and O–H groups in total. The van der Waals surface area contributed by atoms with Crippen LogP contribution in [0.15, 0.2) is 121 Å². The lowest BCUT2D eigenvalue weighted by molar-refractivity contribution is 0.591. The standard InChI is InChI=1S/C39H29NS/c1-39(2,3)34-23-33-29-16-5-4-14-27(29)28-15-6-7-18-31(28)37(33)40-36(34)25-13-10-12-24(22-25)26-19-11-20-32-30-17-8-9-21-35(30)41-38(26)32/h4-23H,1-3H3. The van der Waals surface area contributed by atoms with Crippen LogP contribution in [0.5, 0.6) is 0 Å². The van der Waals surface area contributed by atoms with Crippen LogP contribution >= 0.6 is 11.3 Å². The Morgan fingerprint density at radius 2 is 1.10 bits per heavy atom. The fourth-order valence-corrected chi connectivity index (χ4v) is 7.64. The van der Waals surface area contributed by atoms with Crippen molar-refractivity contribution in [3.8, 4) is 22.4 Å². The van der Waals surface area contributed by atoms with E-state index >= 15 is 0 Å². The van der Waals surface area contributed by atoms with Crippen molar-refractivity contribution in [2.24, 2.45) is 0 Å². The second-order valence-electron chi connectivity index (χ2n) is 12.0. The van der Waals surface area contributed by atoms with Gasteiger partial charge >= 0.3 is 0 Å². The van der Waals surface area contributed by atoms with Gasteiger partial charge in [0.1, 0.15) is 0 Å². The first-order valence-corrected chi connectivity index (χ1v) is 15.0. The first-order chi connectivity index (χ1) is 20.0. The lowest BCUT2D eigenvalue weighted by atomic mass is 9.82. The smallest absolute Gasteiger partial charge is 0.0794 e. The molecule has 0 aliphatic heterocycles. The normalized spacial score (nSPS) is 12.3. The van der Waals surface area contributed by atoms with Crippen LogP contribution in [-0.2, 0) is 5.41 Å². The molecule has 2 heterocycles. The summed E-state index contributed by atoms with van der Waals surface area (Å²) in [6, 6.07) is 44.3. The van der Waals surface area contributed by atoms with Crippen molar-refractivity contribution < 1.29 is 0 Å². The van der Waals surface area contributed by atoms with Crippen molar-refractivity contribution in [3.05, 3.63) is 127 Å². The van der Waals surface area contributed by atoms with E-state index in [2.05, 4.69) is 142 Å². The fourth-order valence-electron chi connectivity index (χ4n) is 6.40. The van der Waals surface area contributed by atoms with Gasteiger partial charge in [0.15, 0.2) is 0 Å². The summed E-state index contributed by atoms with van der Waals surface area (Å²) in [5.41, 5.74) is 6.98. The quantitative estimate of drug-likeness (QED) is 0.198. The van der Waals surface area contributed by atoms with Crippen LogP contribution in [0, 0.1) is 0 Å². The Morgan fingerprint density at radius 3 is 1.85 bits per heavy atom. The minimum atomic E-state index is -0.0786. The van der Waals surface area contributed by atoms with Crippen LogP contribution in [0.1, 0.15) is 26.3 Å². The van der Waals surface area contributed by atoms with Crippen LogP contribution < -0.4 is 0 Å². The van der Waals surface area contributed by atoms with Gasteiger partial charge in [-0.05, 0) is 56.5 Å². The van der Waals surface area contributed by atoms with Crippen molar-refractivity contribution in [1.82, 2.24) is 4.98 Å². The first-order valence-electron chi connectivity index (χ1n) is 14.2. The van der Waals surface area contributed by atoms with Gasteiger partial charge in [0.25, 0.3) is 0 Å². The average molecular weight is 544 g/mol. The molecule has 0 atom stereocenters. The average Bonchev–Trinajstić information content (AvgIpc) is 3.39. The van der Waals surface area contributed by atoms with Gasteiger partial charge in [-0.15, -0.1) is 11.3 Å². The summed E-state index contributed by atoms with van der Waals surface area (Å²) < 4.78 is 2.67. The predicted molar refractivity (Wildman–Crippen MR) is 179 cm³/mol. The molecule has 0 aliphatic carbocycles. The molecule has 196 valence electrons. The molecule has 0 spiro atoms. The Balaban J connectivity index is 1.42. The topological polar surface area (TPSA) is 12.9 Å². The largest absolute Gasteiger partial charge is 0.247 e. The summed E-state index contributed by atoms with van der Waals surface area (Å²) in [7, 11) is 0. The molecule has 0 fully saturated rings. The Bertz CT molecular complexity index is 2300. The van der Waals surface area contributed by atoms with E-state index in [9.17, 15) is 0 Å². The summed E-state index contributed by atoms with van der Waals surface area (Å²) >= 11 is 1.88. The molecular formula is C39H29NS. The summed E-state index contributed by atoms with van der Waals surface area (Å²) in [5, 5.41) is 8.87. The van der Waals surface area contributed by atoms with Gasteiger partial charge in [0.05, 0.1) is 11.2 Å². The third-order valence-corrected chi connectivity index (χ3v) is 9.59. The highest BCUT2D eigenvalue weighted by Gasteiger charge is 2.23. The van der Waals surface area contributed by atoms with Gasteiger partial charge in [-0.3, -0.25) is 0 Å². The number of thiophene rings is 1. The van der Waals surface area contributed by atoms with Crippen LogP contribution in [0.2, 0.25) is 0 Å². The van der Waals surface area contributed by atoms with Crippen molar-refractivity contribution in [3.63, 3.8) is 0 Å². The molecule has 0 saturated carbocycles. The Hall–Kier alpha value is -4.53. The van der Waals surface area contributed by atoms with E-state index < -0.39 is 0 Å². The van der Waals surface area contributed by atoms with Crippen molar-refractivity contribution in [2.75, 3.05) is 0 Å². The molecule has 0 radical (unpaired) electrons. The molecule has 41 heavy (non-hydrogen) atoms. The highest BCUT2D eigenvalue weighted by atomic mass is 32.1. The molecule has 1 nitrogen and oxygen atoms in total. The van der Waals surface area contributed by atoms with E-state index in [1.807, 2.05) is 11.3 Å². The monoisotopic (exact) mass is 543 g/mol. The summed E-state index contributed by atoms with van der Waals surface area (Å²) in [6.45, 7) is 6.89. The molecule has 2 aromatic heterocycles. The SMILES string of the molecule is CC(C)(C)c1cc2c3ccccc3c3ccccc3c2nc1-c1cccc(-c2cccc3c2sc2ccccc23)c1. The lowest BCUT2D eigenvalue weighted by Crippen LogP contribution is -2.14. The highest BCUT2D eigenvalue weighted by molar-refractivity contribution is 7.26. The van der Waals surface area contributed by atoms with Gasteiger partial charge < -0.3 is 0 Å². The maximum absolute atomic E-state index is 5.52. The molecule has 8 rings (SSSR count). The molecule has 0 aliphatic rings. The third-order valence-electron chi connectivity index (χ3n) is 8.37. The van der Waals surface area contributed by atoms with Crippen molar-refractivity contribution >= 4 is 64.0 Å². The Labute approximate surface area is 243 Å². The molecular weight excluding hydrogens is 515 g/mol. The van der Waals surface area contributed by atoms with Gasteiger partial charge in [0, 0.05) is 36.5 Å². The first kappa shape index (κ1) is 24.3. The number of hydrogen-bond acceptors (Lipinski definition) is 2. The molecule has 8 aromatic rings. The van der Waals surface area contributed by atoms with Crippen molar-refractivity contribution in [1.29, 1.82) is 0 Å². The summed E-state index contributed by atoms with van der Waals surface area (Å²) in [5.74, 6) is 0. The summed E-state index contributed by atoms with van der Waals surface area (Å²) in [6.07, 6.45) is 0. The van der Waals surface area contributed by atoms with E-state index in [1.165, 1.54) is 63.8 Å². The number of nitrogens with zero attached hydrogens (tertiary/aromatic N) is 1. The second-order valence-corrected chi connectivity index (χ2v) is 13.0. The number of pyridine rings is 1. The zero-order valence-corrected chi connectivity index (χ0v) is 24.2. The van der Waals surface area contributed by atoms with E-state index in [1.54, 1.807) is 0 Å². The number of fused-ring (bicyclic) bond motifs is 9. The molecule has 2 heteroatoms. The van der Waals surface area contributed by atoms with Crippen LogP contribution in [0.25, 0.3) is 75.0 Å². The van der Waals surface area contributed by atoms with E-state index in [0.717, 1.165) is 16.8 Å². The van der Waals surface area contributed by atoms with Crippen LogP contribution in [0.3, 0.4) is 0 Å². The summed E-state index contributed by atoms with van der Waals surface area (Å²) in [4.78, 5) is 5.52.